The van der Waals surface area contributed by atoms with Gasteiger partial charge in [-0.3, -0.25) is 4.79 Å². The first-order valence-electron chi connectivity index (χ1n) is 4.37. The van der Waals surface area contributed by atoms with Gasteiger partial charge >= 0.3 is 6.18 Å². The molecule has 0 N–H and O–H groups in total. The summed E-state index contributed by atoms with van der Waals surface area (Å²) in [4.78, 5) is 12.5. The van der Waals surface area contributed by atoms with Crippen molar-refractivity contribution >= 4 is 5.91 Å². The van der Waals surface area contributed by atoms with Gasteiger partial charge < -0.3 is 4.90 Å². The molecule has 14 heavy (non-hydrogen) atoms. The molecule has 0 aromatic heterocycles. The fraction of sp³-hybridized carbons (Fsp3) is 0.667. The van der Waals surface area contributed by atoms with Gasteiger partial charge in [-0.1, -0.05) is 0 Å². The van der Waals surface area contributed by atoms with Crippen molar-refractivity contribution in [2.75, 3.05) is 13.1 Å². The summed E-state index contributed by atoms with van der Waals surface area (Å²) in [6.45, 7) is 5.16. The first-order valence-corrected chi connectivity index (χ1v) is 4.37. The maximum Gasteiger partial charge on any atom is 0.412 e. The van der Waals surface area contributed by atoms with Gasteiger partial charge in [-0.15, -0.1) is 0 Å². The van der Waals surface area contributed by atoms with Crippen LogP contribution in [-0.2, 0) is 4.79 Å². The van der Waals surface area contributed by atoms with Crippen molar-refractivity contribution in [1.82, 2.24) is 4.90 Å². The minimum atomic E-state index is -4.41. The molecule has 2 nitrogen and oxygen atoms in total. The minimum Gasteiger partial charge on any atom is -0.340 e. The third-order valence-electron chi connectivity index (χ3n) is 1.86. The van der Waals surface area contributed by atoms with Crippen molar-refractivity contribution in [3.8, 4) is 0 Å². The Bertz CT molecular complexity index is 229. The lowest BCUT2D eigenvalue weighted by atomic mass is 10.2. The maximum atomic E-state index is 12.0. The molecule has 0 aliphatic carbocycles. The molecular weight excluding hydrogens is 195 g/mol. The summed E-state index contributed by atoms with van der Waals surface area (Å²) in [7, 11) is 0. The van der Waals surface area contributed by atoms with Crippen molar-refractivity contribution in [2.45, 2.75) is 26.9 Å². The zero-order chi connectivity index (χ0) is 11.4. The monoisotopic (exact) mass is 209 g/mol. The number of hydrogen-bond donors (Lipinski definition) is 0. The summed E-state index contributed by atoms with van der Waals surface area (Å²) in [5.41, 5.74) is -0.866. The van der Waals surface area contributed by atoms with E-state index >= 15 is 0 Å². The van der Waals surface area contributed by atoms with E-state index in [1.165, 1.54) is 4.90 Å². The van der Waals surface area contributed by atoms with Crippen LogP contribution in [0.1, 0.15) is 20.8 Å². The minimum absolute atomic E-state index is 0.414. The molecule has 0 atom stereocenters. The summed E-state index contributed by atoms with van der Waals surface area (Å²) >= 11 is 0. The quantitative estimate of drug-likeness (QED) is 0.653. The SMILES string of the molecule is CCN(CC)C(=O)/C=C(\C)C(F)(F)F. The molecule has 0 bridgehead atoms. The fourth-order valence-electron chi connectivity index (χ4n) is 0.894. The fourth-order valence-corrected chi connectivity index (χ4v) is 0.894. The molecule has 1 amide bonds. The zero-order valence-electron chi connectivity index (χ0n) is 8.48. The van der Waals surface area contributed by atoms with E-state index in [9.17, 15) is 18.0 Å². The average Bonchev–Trinajstić information content (AvgIpc) is 2.04. The van der Waals surface area contributed by atoms with E-state index in [1.54, 1.807) is 13.8 Å². The van der Waals surface area contributed by atoms with E-state index in [2.05, 4.69) is 0 Å². The van der Waals surface area contributed by atoms with Gasteiger partial charge in [0.05, 0.1) is 0 Å². The lowest BCUT2D eigenvalue weighted by Gasteiger charge is -2.17. The van der Waals surface area contributed by atoms with Crippen molar-refractivity contribution in [3.05, 3.63) is 11.6 Å². The highest BCUT2D eigenvalue weighted by Crippen LogP contribution is 2.24. The van der Waals surface area contributed by atoms with Gasteiger partial charge in [0.25, 0.3) is 0 Å². The van der Waals surface area contributed by atoms with Crippen LogP contribution in [0.25, 0.3) is 0 Å². The second-order valence-electron chi connectivity index (χ2n) is 2.84. The predicted molar refractivity (Wildman–Crippen MR) is 47.7 cm³/mol. The summed E-state index contributed by atoms with van der Waals surface area (Å²) < 4.78 is 36.1. The van der Waals surface area contributed by atoms with E-state index in [0.29, 0.717) is 19.2 Å². The molecule has 0 aromatic rings. The summed E-state index contributed by atoms with van der Waals surface area (Å²) in [5.74, 6) is -0.593. The normalized spacial score (nSPS) is 12.9. The second kappa shape index (κ2) is 5.02. The highest BCUT2D eigenvalue weighted by molar-refractivity contribution is 5.88. The summed E-state index contributed by atoms with van der Waals surface area (Å²) in [6, 6.07) is 0. The molecule has 0 aliphatic rings. The number of hydrogen-bond acceptors (Lipinski definition) is 1. The topological polar surface area (TPSA) is 20.3 Å². The number of rotatable bonds is 3. The van der Waals surface area contributed by atoms with Gasteiger partial charge in [0.1, 0.15) is 0 Å². The molecule has 0 heterocycles. The molecule has 0 spiro atoms. The van der Waals surface area contributed by atoms with Crippen LogP contribution in [0.5, 0.6) is 0 Å². The Morgan fingerprint density at radius 3 is 2.00 bits per heavy atom. The van der Waals surface area contributed by atoms with E-state index in [0.717, 1.165) is 6.92 Å². The van der Waals surface area contributed by atoms with Crippen molar-refractivity contribution < 1.29 is 18.0 Å². The van der Waals surface area contributed by atoms with E-state index in [-0.39, 0.29) is 0 Å². The molecule has 0 aromatic carbocycles. The number of amides is 1. The Morgan fingerprint density at radius 1 is 1.29 bits per heavy atom. The molecule has 82 valence electrons. The van der Waals surface area contributed by atoms with Gasteiger partial charge in [0.15, 0.2) is 0 Å². The van der Waals surface area contributed by atoms with Gasteiger partial charge in [0.2, 0.25) is 5.91 Å². The highest BCUT2D eigenvalue weighted by atomic mass is 19.4. The predicted octanol–water partition coefficient (Wildman–Crippen LogP) is 2.36. The third kappa shape index (κ3) is 3.81. The number of halogens is 3. The van der Waals surface area contributed by atoms with Gasteiger partial charge in [-0.25, -0.2) is 0 Å². The van der Waals surface area contributed by atoms with Crippen LogP contribution in [0.2, 0.25) is 0 Å². The van der Waals surface area contributed by atoms with Crippen LogP contribution in [0, 0.1) is 0 Å². The molecule has 0 saturated heterocycles. The van der Waals surface area contributed by atoms with Gasteiger partial charge in [-0.05, 0) is 20.8 Å². The van der Waals surface area contributed by atoms with E-state index in [1.807, 2.05) is 0 Å². The van der Waals surface area contributed by atoms with Crippen LogP contribution in [0.4, 0.5) is 13.2 Å². The first-order chi connectivity index (χ1) is 6.32. The largest absolute Gasteiger partial charge is 0.412 e. The number of allylic oxidation sites excluding steroid dienone is 1. The molecule has 5 heteroatoms. The molecule has 0 unspecified atom stereocenters. The first kappa shape index (κ1) is 13.0. The Labute approximate surface area is 81.4 Å². The molecule has 0 radical (unpaired) electrons. The standard InChI is InChI=1S/C9H14F3NO/c1-4-13(5-2)8(14)6-7(3)9(10,11)12/h6H,4-5H2,1-3H3/b7-6+. The van der Waals surface area contributed by atoms with Crippen LogP contribution in [0.3, 0.4) is 0 Å². The van der Waals surface area contributed by atoms with Crippen LogP contribution >= 0.6 is 0 Å². The van der Waals surface area contributed by atoms with Crippen molar-refractivity contribution in [3.63, 3.8) is 0 Å². The number of carbonyl (C=O) groups excluding carboxylic acids is 1. The van der Waals surface area contributed by atoms with Crippen molar-refractivity contribution in [1.29, 1.82) is 0 Å². The second-order valence-corrected chi connectivity index (χ2v) is 2.84. The van der Waals surface area contributed by atoms with E-state index in [4.69, 9.17) is 0 Å². The number of nitrogens with zero attached hydrogens (tertiary/aromatic N) is 1. The molecular formula is C9H14F3NO. The third-order valence-corrected chi connectivity index (χ3v) is 1.86. The van der Waals surface area contributed by atoms with Crippen LogP contribution < -0.4 is 0 Å². The maximum absolute atomic E-state index is 12.0. The lowest BCUT2D eigenvalue weighted by molar-refractivity contribution is -0.126. The molecule has 0 rings (SSSR count). The van der Waals surface area contributed by atoms with Crippen LogP contribution in [0.15, 0.2) is 11.6 Å². The Morgan fingerprint density at radius 2 is 1.71 bits per heavy atom. The number of carbonyl (C=O) groups is 1. The van der Waals surface area contributed by atoms with Gasteiger partial charge in [-0.2, -0.15) is 13.2 Å². The lowest BCUT2D eigenvalue weighted by Crippen LogP contribution is -2.29. The van der Waals surface area contributed by atoms with Crippen molar-refractivity contribution in [2.24, 2.45) is 0 Å². The van der Waals surface area contributed by atoms with Gasteiger partial charge in [0, 0.05) is 24.7 Å². The molecule has 0 aliphatic heterocycles. The highest BCUT2D eigenvalue weighted by Gasteiger charge is 2.30. The molecule has 0 saturated carbocycles. The summed E-state index contributed by atoms with van der Waals surface area (Å²) in [6.07, 6.45) is -3.78. The smallest absolute Gasteiger partial charge is 0.340 e. The zero-order valence-corrected chi connectivity index (χ0v) is 8.48. The average molecular weight is 209 g/mol. The molecule has 0 fully saturated rings. The number of likely N-dealkylation sites (N-methyl/N-ethyl adjacent to an activating group) is 1. The number of alkyl halides is 3. The Balaban J connectivity index is 4.58. The Hall–Kier alpha value is -1.00. The summed E-state index contributed by atoms with van der Waals surface area (Å²) in [5, 5.41) is 0. The van der Waals surface area contributed by atoms with Crippen LogP contribution in [-0.4, -0.2) is 30.1 Å². The van der Waals surface area contributed by atoms with E-state index < -0.39 is 17.7 Å². The Kier molecular flexibility index (Phi) is 4.67.